The number of benzene rings is 1. The molecular weight excluding hydrogens is 382 g/mol. The van der Waals surface area contributed by atoms with Gasteiger partial charge in [-0.15, -0.1) is 0 Å². The number of aryl methyl sites for hydroxylation is 1. The van der Waals surface area contributed by atoms with Crippen molar-refractivity contribution in [3.8, 4) is 5.75 Å². The Morgan fingerprint density at radius 1 is 1.27 bits per heavy atom. The number of ether oxygens (including phenoxy) is 1. The third kappa shape index (κ3) is 7.24. The highest BCUT2D eigenvalue weighted by Crippen LogP contribution is 2.24. The van der Waals surface area contributed by atoms with Crippen LogP contribution in [-0.4, -0.2) is 55.1 Å². The second kappa shape index (κ2) is 11.4. The summed E-state index contributed by atoms with van der Waals surface area (Å²) in [5, 5.41) is 8.89. The van der Waals surface area contributed by atoms with Gasteiger partial charge in [-0.1, -0.05) is 26.0 Å². The second-order valence-electron chi connectivity index (χ2n) is 8.00. The van der Waals surface area contributed by atoms with E-state index in [1.807, 2.05) is 13.0 Å². The maximum Gasteiger partial charge on any atom is 0.324 e. The van der Waals surface area contributed by atoms with E-state index in [2.05, 4.69) is 60.8 Å². The van der Waals surface area contributed by atoms with Crippen molar-refractivity contribution in [2.24, 2.45) is 10.9 Å². The number of carbonyl (C=O) groups excluding carboxylic acids is 2. The molecule has 1 heterocycles. The van der Waals surface area contributed by atoms with Gasteiger partial charge in [-0.3, -0.25) is 9.69 Å². The van der Waals surface area contributed by atoms with E-state index >= 15 is 0 Å². The van der Waals surface area contributed by atoms with Crippen LogP contribution in [-0.2, 0) is 11.3 Å². The van der Waals surface area contributed by atoms with E-state index in [9.17, 15) is 9.59 Å². The lowest BCUT2D eigenvalue weighted by molar-refractivity contribution is -0.124. The predicted molar refractivity (Wildman–Crippen MR) is 119 cm³/mol. The zero-order chi connectivity index (χ0) is 22.1. The number of nitrogens with one attached hydrogen (secondary N) is 3. The van der Waals surface area contributed by atoms with Crippen molar-refractivity contribution in [2.75, 3.05) is 26.2 Å². The number of carbonyl (C=O) groups is 2. The quantitative estimate of drug-likeness (QED) is 0.309. The van der Waals surface area contributed by atoms with Crippen molar-refractivity contribution in [1.82, 2.24) is 20.9 Å². The number of amides is 3. The van der Waals surface area contributed by atoms with Crippen molar-refractivity contribution in [3.05, 3.63) is 29.3 Å². The zero-order valence-electron chi connectivity index (χ0n) is 18.7. The Morgan fingerprint density at radius 3 is 2.67 bits per heavy atom. The molecule has 3 amide bonds. The van der Waals surface area contributed by atoms with Gasteiger partial charge >= 0.3 is 6.03 Å². The number of rotatable bonds is 10. The summed E-state index contributed by atoms with van der Waals surface area (Å²) in [5.74, 6) is 1.86. The molecule has 2 rings (SSSR count). The smallest absolute Gasteiger partial charge is 0.324 e. The van der Waals surface area contributed by atoms with Crippen LogP contribution >= 0.6 is 0 Å². The van der Waals surface area contributed by atoms with Gasteiger partial charge in [0.1, 0.15) is 5.75 Å². The summed E-state index contributed by atoms with van der Waals surface area (Å²) in [4.78, 5) is 29.2. The van der Waals surface area contributed by atoms with Crippen LogP contribution in [0.4, 0.5) is 4.79 Å². The van der Waals surface area contributed by atoms with Crippen molar-refractivity contribution in [1.29, 1.82) is 0 Å². The third-order valence-electron chi connectivity index (χ3n) is 4.67. The molecule has 3 N–H and O–H groups in total. The normalized spacial score (nSPS) is 15.4. The Kier molecular flexibility index (Phi) is 8.95. The highest BCUT2D eigenvalue weighted by atomic mass is 16.5. The molecule has 0 aliphatic carbocycles. The first-order chi connectivity index (χ1) is 14.3. The molecule has 1 unspecified atom stereocenters. The summed E-state index contributed by atoms with van der Waals surface area (Å²) in [6.07, 6.45) is 1.12. The lowest BCUT2D eigenvalue weighted by atomic mass is 10.1. The summed E-state index contributed by atoms with van der Waals surface area (Å²) in [5.41, 5.74) is 2.16. The van der Waals surface area contributed by atoms with Crippen molar-refractivity contribution in [2.45, 2.75) is 53.7 Å². The molecule has 8 nitrogen and oxygen atoms in total. The molecular formula is C22H35N5O3. The number of hydrogen-bond acceptors (Lipinski definition) is 4. The molecule has 0 aromatic heterocycles. The van der Waals surface area contributed by atoms with Crippen LogP contribution in [0.15, 0.2) is 23.2 Å². The van der Waals surface area contributed by atoms with Crippen molar-refractivity contribution in [3.63, 3.8) is 0 Å². The van der Waals surface area contributed by atoms with Gasteiger partial charge in [0.15, 0.2) is 5.96 Å². The van der Waals surface area contributed by atoms with E-state index in [0.29, 0.717) is 38.1 Å². The maximum absolute atomic E-state index is 11.7. The Labute approximate surface area is 179 Å². The van der Waals surface area contributed by atoms with Crippen molar-refractivity contribution < 1.29 is 14.3 Å². The first kappa shape index (κ1) is 23.5. The number of nitrogens with zero attached hydrogens (tertiary/aromatic N) is 2. The molecule has 8 heteroatoms. The van der Waals surface area contributed by atoms with Crippen LogP contribution in [0.3, 0.4) is 0 Å². The highest BCUT2D eigenvalue weighted by molar-refractivity contribution is 6.01. The average molecular weight is 418 g/mol. The summed E-state index contributed by atoms with van der Waals surface area (Å²) >= 11 is 0. The molecule has 1 aliphatic rings. The average Bonchev–Trinajstić information content (AvgIpc) is 2.98. The number of hydrogen-bond donors (Lipinski definition) is 3. The fraction of sp³-hybridized carbons (Fsp3) is 0.591. The Hall–Kier alpha value is -2.77. The van der Waals surface area contributed by atoms with E-state index < -0.39 is 0 Å². The van der Waals surface area contributed by atoms with Crippen LogP contribution in [0.5, 0.6) is 5.75 Å². The summed E-state index contributed by atoms with van der Waals surface area (Å²) in [7, 11) is 0. The van der Waals surface area contributed by atoms with Crippen molar-refractivity contribution >= 4 is 17.9 Å². The monoisotopic (exact) mass is 417 g/mol. The molecule has 1 atom stereocenters. The SMILES string of the molecule is CCNC(=NCc1ccc(C)cc1OC(C)CC(C)C)NCCN1C(=O)CNC1=O. The maximum atomic E-state index is 11.7. The van der Waals surface area contributed by atoms with Gasteiger partial charge < -0.3 is 20.7 Å². The van der Waals surface area contributed by atoms with E-state index in [0.717, 1.165) is 23.3 Å². The number of urea groups is 1. The van der Waals surface area contributed by atoms with Gasteiger partial charge in [0.05, 0.1) is 19.2 Å². The van der Waals surface area contributed by atoms with Gasteiger partial charge in [0.2, 0.25) is 5.91 Å². The van der Waals surface area contributed by atoms with E-state index in [-0.39, 0.29) is 24.6 Å². The third-order valence-corrected chi connectivity index (χ3v) is 4.67. The molecule has 0 saturated carbocycles. The van der Waals surface area contributed by atoms with Gasteiger partial charge in [-0.25, -0.2) is 9.79 Å². The molecule has 0 radical (unpaired) electrons. The van der Waals surface area contributed by atoms with Crippen LogP contribution < -0.4 is 20.7 Å². The molecule has 166 valence electrons. The Bertz CT molecular complexity index is 747. The Balaban J connectivity index is 2.00. The van der Waals surface area contributed by atoms with Gasteiger partial charge in [0, 0.05) is 25.2 Å². The van der Waals surface area contributed by atoms with Crippen LogP contribution in [0, 0.1) is 12.8 Å². The lowest BCUT2D eigenvalue weighted by Gasteiger charge is -2.19. The molecule has 1 aliphatic heterocycles. The summed E-state index contributed by atoms with van der Waals surface area (Å²) in [6, 6.07) is 5.82. The molecule has 1 aromatic rings. The molecule has 1 aromatic carbocycles. The number of imide groups is 1. The minimum Gasteiger partial charge on any atom is -0.490 e. The van der Waals surface area contributed by atoms with E-state index in [1.54, 1.807) is 0 Å². The zero-order valence-corrected chi connectivity index (χ0v) is 18.7. The fourth-order valence-corrected chi connectivity index (χ4v) is 3.30. The van der Waals surface area contributed by atoms with Crippen LogP contribution in [0.1, 0.15) is 45.2 Å². The van der Waals surface area contributed by atoms with Gasteiger partial charge in [-0.05, 0) is 44.7 Å². The first-order valence-corrected chi connectivity index (χ1v) is 10.7. The van der Waals surface area contributed by atoms with E-state index in [1.165, 1.54) is 4.90 Å². The molecule has 0 bridgehead atoms. The minimum absolute atomic E-state index is 0.0679. The summed E-state index contributed by atoms with van der Waals surface area (Å²) in [6.45, 7) is 12.5. The molecule has 1 fully saturated rings. The van der Waals surface area contributed by atoms with E-state index in [4.69, 9.17) is 4.74 Å². The summed E-state index contributed by atoms with van der Waals surface area (Å²) < 4.78 is 6.20. The largest absolute Gasteiger partial charge is 0.490 e. The van der Waals surface area contributed by atoms with Gasteiger partial charge in [-0.2, -0.15) is 0 Å². The van der Waals surface area contributed by atoms with Crippen LogP contribution in [0.2, 0.25) is 0 Å². The number of aliphatic imine (C=N–C) groups is 1. The highest BCUT2D eigenvalue weighted by Gasteiger charge is 2.27. The Morgan fingerprint density at radius 2 is 2.03 bits per heavy atom. The molecule has 30 heavy (non-hydrogen) atoms. The fourth-order valence-electron chi connectivity index (χ4n) is 3.30. The predicted octanol–water partition coefficient (Wildman–Crippen LogP) is 2.42. The molecule has 1 saturated heterocycles. The van der Waals surface area contributed by atoms with Crippen LogP contribution in [0.25, 0.3) is 0 Å². The molecule has 0 spiro atoms. The topological polar surface area (TPSA) is 95.1 Å². The second-order valence-corrected chi connectivity index (χ2v) is 8.00. The first-order valence-electron chi connectivity index (χ1n) is 10.7. The lowest BCUT2D eigenvalue weighted by Crippen LogP contribution is -2.43. The standard InChI is InChI=1S/C22H35N5O3/c1-6-23-21(24-9-10-27-20(28)14-26-22(27)29)25-13-18-8-7-16(4)12-19(18)30-17(5)11-15(2)3/h7-8,12,15,17H,6,9-11,13-14H2,1-5H3,(H,26,29)(H2,23,24,25). The van der Waals surface area contributed by atoms with Gasteiger partial charge in [0.25, 0.3) is 0 Å². The minimum atomic E-state index is -0.347. The number of guanidine groups is 1.